The Morgan fingerprint density at radius 1 is 1.42 bits per heavy atom. The van der Waals surface area contributed by atoms with Crippen LogP contribution >= 0.6 is 23.1 Å². The Bertz CT molecular complexity index is 770. The number of rotatable bonds is 5. The third-order valence-corrected chi connectivity index (χ3v) is 6.03. The molecule has 8 heteroatoms. The molecule has 6 nitrogen and oxygen atoms in total. The highest BCUT2D eigenvalue weighted by atomic mass is 32.2. The fourth-order valence-electron chi connectivity index (χ4n) is 2.70. The highest BCUT2D eigenvalue weighted by Crippen LogP contribution is 2.36. The number of nitrogens with one attached hydrogen (secondary N) is 1. The number of hydrogen-bond acceptors (Lipinski definition) is 6. The lowest BCUT2D eigenvalue weighted by Gasteiger charge is -2.12. The van der Waals surface area contributed by atoms with Crippen molar-refractivity contribution >= 4 is 34.7 Å². The second kappa shape index (κ2) is 7.31. The number of nitrogens with zero attached hydrogens (tertiary/aromatic N) is 2. The third kappa shape index (κ3) is 3.93. The van der Waals surface area contributed by atoms with Crippen molar-refractivity contribution in [1.82, 2.24) is 10.3 Å². The normalized spacial score (nSPS) is 14.7. The summed E-state index contributed by atoms with van der Waals surface area (Å²) in [6.07, 6.45) is 4.19. The van der Waals surface area contributed by atoms with E-state index in [1.54, 1.807) is 12.1 Å². The molecule has 0 aliphatic heterocycles. The molecule has 0 atom stereocenters. The van der Waals surface area contributed by atoms with E-state index < -0.39 is 4.92 Å². The molecule has 1 aliphatic rings. The van der Waals surface area contributed by atoms with E-state index in [0.717, 1.165) is 35.7 Å². The van der Waals surface area contributed by atoms with Crippen LogP contribution in [-0.2, 0) is 0 Å². The highest BCUT2D eigenvalue weighted by Gasteiger charge is 2.22. The number of amides is 1. The minimum Gasteiger partial charge on any atom is -0.349 e. The average Bonchev–Trinajstić information content (AvgIpc) is 3.19. The predicted molar refractivity (Wildman–Crippen MR) is 93.8 cm³/mol. The lowest BCUT2D eigenvalue weighted by atomic mass is 10.1. The molecule has 2 aromatic rings. The van der Waals surface area contributed by atoms with Gasteiger partial charge in [0.05, 0.1) is 9.82 Å². The maximum Gasteiger partial charge on any atom is 0.284 e. The summed E-state index contributed by atoms with van der Waals surface area (Å²) in [6, 6.07) is 4.81. The lowest BCUT2D eigenvalue weighted by molar-refractivity contribution is -0.387. The van der Waals surface area contributed by atoms with Gasteiger partial charge in [-0.2, -0.15) is 0 Å². The van der Waals surface area contributed by atoms with Gasteiger partial charge in [-0.25, -0.2) is 4.98 Å². The van der Waals surface area contributed by atoms with Crippen molar-refractivity contribution in [2.45, 2.75) is 47.9 Å². The predicted octanol–water partition coefficient (Wildman–Crippen LogP) is 4.18. The van der Waals surface area contributed by atoms with E-state index in [1.807, 2.05) is 12.3 Å². The molecule has 1 amide bonds. The van der Waals surface area contributed by atoms with Gasteiger partial charge in [0.1, 0.15) is 0 Å². The molecular weight excluding hydrogens is 346 g/mol. The van der Waals surface area contributed by atoms with Crippen LogP contribution in [0.5, 0.6) is 0 Å². The fourth-order valence-corrected chi connectivity index (χ4v) is 4.58. The fraction of sp³-hybridized carbons (Fsp3) is 0.375. The molecule has 1 saturated carbocycles. The minimum absolute atomic E-state index is 0.0630. The SMILES string of the molecule is Cc1csc(Sc2ccc(C(=O)NC3CCCC3)cc2[N+](=O)[O-])n1. The van der Waals surface area contributed by atoms with Gasteiger partial charge in [-0.1, -0.05) is 24.6 Å². The van der Waals surface area contributed by atoms with Gasteiger partial charge in [0.15, 0.2) is 4.34 Å². The average molecular weight is 363 g/mol. The van der Waals surface area contributed by atoms with E-state index in [4.69, 9.17) is 0 Å². The topological polar surface area (TPSA) is 85.1 Å². The van der Waals surface area contributed by atoms with Crippen molar-refractivity contribution in [2.75, 3.05) is 0 Å². The smallest absolute Gasteiger partial charge is 0.284 e. The number of thiazole rings is 1. The van der Waals surface area contributed by atoms with Crippen LogP contribution in [0.4, 0.5) is 5.69 Å². The van der Waals surface area contributed by atoms with Crippen LogP contribution in [0.25, 0.3) is 0 Å². The van der Waals surface area contributed by atoms with E-state index in [9.17, 15) is 14.9 Å². The standard InChI is InChI=1S/C16H17N3O3S2/c1-10-9-23-16(17-10)24-14-7-6-11(8-13(14)19(21)22)15(20)18-12-4-2-3-5-12/h6-9,12H,2-5H2,1H3,(H,18,20). The Balaban J connectivity index is 1.81. The quantitative estimate of drug-likeness (QED) is 0.636. The van der Waals surface area contributed by atoms with Gasteiger partial charge < -0.3 is 5.32 Å². The van der Waals surface area contributed by atoms with Gasteiger partial charge >= 0.3 is 0 Å². The first-order valence-corrected chi connectivity index (χ1v) is 9.42. The second-order valence-corrected chi connectivity index (χ2v) is 7.90. The van der Waals surface area contributed by atoms with Gasteiger partial charge in [-0.3, -0.25) is 14.9 Å². The van der Waals surface area contributed by atoms with E-state index in [1.165, 1.54) is 29.2 Å². The lowest BCUT2D eigenvalue weighted by Crippen LogP contribution is -2.32. The number of carbonyl (C=O) groups is 1. The third-order valence-electron chi connectivity index (χ3n) is 3.90. The number of aryl methyl sites for hydroxylation is 1. The molecule has 0 spiro atoms. The first kappa shape index (κ1) is 16.9. The molecular formula is C16H17N3O3S2. The zero-order chi connectivity index (χ0) is 17.1. The first-order chi connectivity index (χ1) is 11.5. The van der Waals surface area contributed by atoms with Crippen LogP contribution in [0.1, 0.15) is 41.7 Å². The van der Waals surface area contributed by atoms with Crippen molar-refractivity contribution in [3.05, 3.63) is 45.0 Å². The van der Waals surface area contributed by atoms with Crippen molar-refractivity contribution in [1.29, 1.82) is 0 Å². The molecule has 0 saturated heterocycles. The summed E-state index contributed by atoms with van der Waals surface area (Å²) >= 11 is 2.70. The van der Waals surface area contributed by atoms with Gasteiger partial charge in [0.2, 0.25) is 0 Å². The second-order valence-electron chi connectivity index (χ2n) is 5.75. The minimum atomic E-state index is -0.449. The Morgan fingerprint density at radius 2 is 2.17 bits per heavy atom. The van der Waals surface area contributed by atoms with Gasteiger partial charge in [-0.05, 0) is 31.9 Å². The van der Waals surface area contributed by atoms with Gasteiger partial charge in [0, 0.05) is 28.7 Å². The van der Waals surface area contributed by atoms with Crippen molar-refractivity contribution in [2.24, 2.45) is 0 Å². The Morgan fingerprint density at radius 3 is 2.79 bits per heavy atom. The molecule has 1 aromatic carbocycles. The van der Waals surface area contributed by atoms with Crippen LogP contribution in [-0.4, -0.2) is 21.9 Å². The molecule has 0 unspecified atom stereocenters. The number of hydrogen-bond donors (Lipinski definition) is 1. The van der Waals surface area contributed by atoms with Crippen LogP contribution in [0.2, 0.25) is 0 Å². The van der Waals surface area contributed by atoms with Crippen LogP contribution < -0.4 is 5.32 Å². The molecule has 0 bridgehead atoms. The molecule has 1 N–H and O–H groups in total. The molecule has 1 heterocycles. The van der Waals surface area contributed by atoms with E-state index in [-0.39, 0.29) is 17.6 Å². The maximum atomic E-state index is 12.3. The molecule has 24 heavy (non-hydrogen) atoms. The molecule has 0 radical (unpaired) electrons. The summed E-state index contributed by atoms with van der Waals surface area (Å²) in [6.45, 7) is 1.88. The zero-order valence-electron chi connectivity index (χ0n) is 13.2. The van der Waals surface area contributed by atoms with E-state index in [2.05, 4.69) is 10.3 Å². The maximum absolute atomic E-state index is 12.3. The molecule has 3 rings (SSSR count). The molecule has 1 aromatic heterocycles. The van der Waals surface area contributed by atoms with Crippen molar-refractivity contribution in [3.8, 4) is 0 Å². The molecule has 126 valence electrons. The monoisotopic (exact) mass is 363 g/mol. The number of aromatic nitrogens is 1. The summed E-state index contributed by atoms with van der Waals surface area (Å²) in [5.41, 5.74) is 1.15. The number of carbonyl (C=O) groups excluding carboxylic acids is 1. The molecule has 1 aliphatic carbocycles. The zero-order valence-corrected chi connectivity index (χ0v) is 14.8. The van der Waals surface area contributed by atoms with Gasteiger partial charge in [0.25, 0.3) is 11.6 Å². The molecule has 1 fully saturated rings. The Hall–Kier alpha value is -1.93. The van der Waals surface area contributed by atoms with Crippen LogP contribution in [0.3, 0.4) is 0 Å². The van der Waals surface area contributed by atoms with E-state index in [0.29, 0.717) is 10.5 Å². The first-order valence-electron chi connectivity index (χ1n) is 7.72. The summed E-state index contributed by atoms with van der Waals surface area (Å²) < 4.78 is 0.749. The van der Waals surface area contributed by atoms with Crippen LogP contribution in [0, 0.1) is 17.0 Å². The number of nitro benzene ring substituents is 1. The highest BCUT2D eigenvalue weighted by molar-refractivity contribution is 8.01. The summed E-state index contributed by atoms with van der Waals surface area (Å²) in [5.74, 6) is -0.244. The number of nitro groups is 1. The Labute approximate surface area is 147 Å². The summed E-state index contributed by atoms with van der Waals surface area (Å²) in [5, 5.41) is 16.2. The Kier molecular flexibility index (Phi) is 5.15. The summed E-state index contributed by atoms with van der Waals surface area (Å²) in [7, 11) is 0. The van der Waals surface area contributed by atoms with E-state index >= 15 is 0 Å². The van der Waals surface area contributed by atoms with Crippen molar-refractivity contribution < 1.29 is 9.72 Å². The largest absolute Gasteiger partial charge is 0.349 e. The van der Waals surface area contributed by atoms with Gasteiger partial charge in [-0.15, -0.1) is 11.3 Å². The van der Waals surface area contributed by atoms with Crippen LogP contribution in [0.15, 0.2) is 32.8 Å². The van der Waals surface area contributed by atoms with Crippen molar-refractivity contribution in [3.63, 3.8) is 0 Å². The summed E-state index contributed by atoms with van der Waals surface area (Å²) in [4.78, 5) is 28.0. The number of benzene rings is 1.